The van der Waals surface area contributed by atoms with Crippen LogP contribution < -0.4 is 22.1 Å². The van der Waals surface area contributed by atoms with Gasteiger partial charge >= 0.3 is 0 Å². The number of nitrogens with two attached hydrogens (primary N) is 2. The fraction of sp³-hybridized carbons (Fsp3) is 0.286. The van der Waals surface area contributed by atoms with Crippen LogP contribution in [0.4, 0.5) is 21.7 Å². The van der Waals surface area contributed by atoms with E-state index in [1.54, 1.807) is 12.3 Å². The maximum absolute atomic E-state index is 14.6. The summed E-state index contributed by atoms with van der Waals surface area (Å²) >= 11 is 0. The molecule has 1 atom stereocenters. The van der Waals surface area contributed by atoms with E-state index in [0.29, 0.717) is 18.2 Å². The first-order valence-electron chi connectivity index (χ1n) is 9.46. The second-order valence-electron chi connectivity index (χ2n) is 7.32. The second-order valence-corrected chi connectivity index (χ2v) is 7.32. The van der Waals surface area contributed by atoms with Crippen LogP contribution in [0.25, 0.3) is 10.9 Å². The molecule has 29 heavy (non-hydrogen) atoms. The summed E-state index contributed by atoms with van der Waals surface area (Å²) in [5.74, 6) is -0.853. The van der Waals surface area contributed by atoms with Crippen LogP contribution >= 0.6 is 0 Å². The number of carbonyl (C=O) groups excluding carboxylic acids is 1. The van der Waals surface area contributed by atoms with E-state index in [4.69, 9.17) is 11.5 Å². The van der Waals surface area contributed by atoms with E-state index in [0.717, 1.165) is 23.4 Å². The van der Waals surface area contributed by atoms with Crippen LogP contribution in [0.2, 0.25) is 0 Å². The molecule has 3 rings (SSSR count). The summed E-state index contributed by atoms with van der Waals surface area (Å²) in [6, 6.07) is 10.2. The summed E-state index contributed by atoms with van der Waals surface area (Å²) in [5.41, 5.74) is 12.7. The molecule has 0 aliphatic heterocycles. The third kappa shape index (κ3) is 4.97. The van der Waals surface area contributed by atoms with E-state index in [2.05, 4.69) is 34.4 Å². The molecule has 7 nitrogen and oxygen atoms in total. The minimum atomic E-state index is -0.773. The predicted molar refractivity (Wildman–Crippen MR) is 114 cm³/mol. The summed E-state index contributed by atoms with van der Waals surface area (Å²) in [6.45, 7) is 4.45. The molecule has 8 heteroatoms. The Morgan fingerprint density at radius 2 is 2.00 bits per heavy atom. The van der Waals surface area contributed by atoms with Gasteiger partial charge in [-0.25, -0.2) is 9.37 Å². The Balaban J connectivity index is 1.95. The first-order valence-corrected chi connectivity index (χ1v) is 9.46. The number of halogens is 1. The van der Waals surface area contributed by atoms with Gasteiger partial charge in [-0.3, -0.25) is 9.78 Å². The third-order valence-corrected chi connectivity index (χ3v) is 4.49. The summed E-state index contributed by atoms with van der Waals surface area (Å²) in [5, 5.41) is 7.02. The number of benzene rings is 1. The van der Waals surface area contributed by atoms with Crippen molar-refractivity contribution in [1.82, 2.24) is 9.97 Å². The van der Waals surface area contributed by atoms with E-state index in [9.17, 15) is 9.18 Å². The standard InChI is InChI=1S/C21H25FN6O/c1-12(2)8-15(11-23)27-21-17(22)10-16(19(24)29)20(28-21)26-14-5-6-18-13(9-14)4-3-7-25-18/h3-7,9-10,12,15H,8,11,23H2,1-2H3,(H2,24,29)(H2,26,27,28)/t15-/m1/s1. The van der Waals surface area contributed by atoms with Crippen LogP contribution in [0.15, 0.2) is 42.6 Å². The van der Waals surface area contributed by atoms with Crippen LogP contribution in [0.3, 0.4) is 0 Å². The largest absolute Gasteiger partial charge is 0.365 e. The van der Waals surface area contributed by atoms with Crippen LogP contribution in [0, 0.1) is 11.7 Å². The molecular formula is C21H25FN6O. The Bertz CT molecular complexity index is 1020. The molecule has 0 unspecified atom stereocenters. The third-order valence-electron chi connectivity index (χ3n) is 4.49. The van der Waals surface area contributed by atoms with Crippen molar-refractivity contribution in [2.24, 2.45) is 17.4 Å². The number of nitrogens with one attached hydrogen (secondary N) is 2. The van der Waals surface area contributed by atoms with Crippen LogP contribution in [0.1, 0.15) is 30.6 Å². The number of pyridine rings is 2. The van der Waals surface area contributed by atoms with Crippen molar-refractivity contribution < 1.29 is 9.18 Å². The number of hydrogen-bond donors (Lipinski definition) is 4. The molecule has 2 heterocycles. The maximum atomic E-state index is 14.6. The molecule has 0 aliphatic rings. The maximum Gasteiger partial charge on any atom is 0.252 e. The number of anilines is 3. The Kier molecular flexibility index (Phi) is 6.23. The number of rotatable bonds is 8. The van der Waals surface area contributed by atoms with E-state index in [-0.39, 0.29) is 23.2 Å². The van der Waals surface area contributed by atoms with Gasteiger partial charge in [0.2, 0.25) is 0 Å². The Labute approximate surface area is 168 Å². The van der Waals surface area contributed by atoms with Crippen LogP contribution in [-0.2, 0) is 0 Å². The lowest BCUT2D eigenvalue weighted by Gasteiger charge is -2.21. The molecule has 0 bridgehead atoms. The molecule has 6 N–H and O–H groups in total. The van der Waals surface area contributed by atoms with Crippen molar-refractivity contribution in [2.75, 3.05) is 17.2 Å². The number of fused-ring (bicyclic) bond motifs is 1. The zero-order valence-corrected chi connectivity index (χ0v) is 16.4. The molecule has 0 saturated carbocycles. The minimum Gasteiger partial charge on any atom is -0.365 e. The van der Waals surface area contributed by atoms with Gasteiger partial charge in [-0.1, -0.05) is 19.9 Å². The van der Waals surface area contributed by atoms with Crippen molar-refractivity contribution >= 4 is 34.1 Å². The first kappa shape index (κ1) is 20.5. The Hall–Kier alpha value is -3.26. The number of aromatic nitrogens is 2. The summed E-state index contributed by atoms with van der Waals surface area (Å²) < 4.78 is 14.6. The Morgan fingerprint density at radius 3 is 2.69 bits per heavy atom. The molecule has 0 aliphatic carbocycles. The summed E-state index contributed by atoms with van der Waals surface area (Å²) in [4.78, 5) is 20.4. The summed E-state index contributed by atoms with van der Waals surface area (Å²) in [6.07, 6.45) is 2.47. The van der Waals surface area contributed by atoms with Crippen molar-refractivity contribution in [3.8, 4) is 0 Å². The number of nitrogens with zero attached hydrogens (tertiary/aromatic N) is 2. The molecule has 1 aromatic carbocycles. The molecule has 3 aromatic rings. The highest BCUT2D eigenvalue weighted by Gasteiger charge is 2.19. The molecule has 0 saturated heterocycles. The zero-order valence-electron chi connectivity index (χ0n) is 16.4. The first-order chi connectivity index (χ1) is 13.9. The number of hydrogen-bond acceptors (Lipinski definition) is 6. The molecule has 0 spiro atoms. The highest BCUT2D eigenvalue weighted by atomic mass is 19.1. The predicted octanol–water partition coefficient (Wildman–Crippen LogP) is 3.40. The molecule has 0 fully saturated rings. The topological polar surface area (TPSA) is 119 Å². The SMILES string of the molecule is CC(C)C[C@H](CN)Nc1nc(Nc2ccc3ncccc3c2)c(C(N)=O)cc1F. The second kappa shape index (κ2) is 8.83. The molecule has 152 valence electrons. The number of carbonyl (C=O) groups is 1. The normalized spacial score (nSPS) is 12.2. The van der Waals surface area contributed by atoms with Crippen LogP contribution in [0.5, 0.6) is 0 Å². The van der Waals surface area contributed by atoms with E-state index >= 15 is 0 Å². The van der Waals surface area contributed by atoms with Gasteiger partial charge in [-0.2, -0.15) is 0 Å². The molecule has 1 amide bonds. The fourth-order valence-corrected chi connectivity index (χ4v) is 3.14. The van der Waals surface area contributed by atoms with E-state index < -0.39 is 11.7 Å². The van der Waals surface area contributed by atoms with Crippen molar-refractivity contribution in [3.05, 3.63) is 54.0 Å². The highest BCUT2D eigenvalue weighted by molar-refractivity contribution is 5.99. The summed E-state index contributed by atoms with van der Waals surface area (Å²) in [7, 11) is 0. The fourth-order valence-electron chi connectivity index (χ4n) is 3.14. The van der Waals surface area contributed by atoms with Gasteiger partial charge in [0, 0.05) is 29.9 Å². The van der Waals surface area contributed by atoms with Crippen molar-refractivity contribution in [2.45, 2.75) is 26.3 Å². The minimum absolute atomic E-state index is 0.0241. The Morgan fingerprint density at radius 1 is 1.21 bits per heavy atom. The lowest BCUT2D eigenvalue weighted by atomic mass is 10.0. The molecule has 0 radical (unpaired) electrons. The van der Waals surface area contributed by atoms with Gasteiger partial charge in [-0.05, 0) is 42.7 Å². The van der Waals surface area contributed by atoms with E-state index in [1.807, 2.05) is 24.3 Å². The monoisotopic (exact) mass is 396 g/mol. The van der Waals surface area contributed by atoms with Gasteiger partial charge in [0.05, 0.1) is 11.1 Å². The van der Waals surface area contributed by atoms with Gasteiger partial charge in [0.1, 0.15) is 5.82 Å². The van der Waals surface area contributed by atoms with E-state index in [1.165, 1.54) is 0 Å². The number of primary amides is 1. The average Bonchev–Trinajstić information content (AvgIpc) is 2.69. The van der Waals surface area contributed by atoms with Gasteiger partial charge < -0.3 is 22.1 Å². The zero-order chi connectivity index (χ0) is 21.0. The van der Waals surface area contributed by atoms with Gasteiger partial charge in [0.15, 0.2) is 11.6 Å². The van der Waals surface area contributed by atoms with Gasteiger partial charge in [-0.15, -0.1) is 0 Å². The highest BCUT2D eigenvalue weighted by Crippen LogP contribution is 2.26. The van der Waals surface area contributed by atoms with Crippen molar-refractivity contribution in [1.29, 1.82) is 0 Å². The number of amides is 1. The lowest BCUT2D eigenvalue weighted by molar-refractivity contribution is 0.100. The average molecular weight is 396 g/mol. The van der Waals surface area contributed by atoms with Crippen LogP contribution in [-0.4, -0.2) is 28.5 Å². The molecular weight excluding hydrogens is 371 g/mol. The lowest BCUT2D eigenvalue weighted by Crippen LogP contribution is -2.31. The smallest absolute Gasteiger partial charge is 0.252 e. The molecule has 2 aromatic heterocycles. The van der Waals surface area contributed by atoms with Gasteiger partial charge in [0.25, 0.3) is 5.91 Å². The van der Waals surface area contributed by atoms with Crippen molar-refractivity contribution in [3.63, 3.8) is 0 Å². The quantitative estimate of drug-likeness (QED) is 0.463.